The summed E-state index contributed by atoms with van der Waals surface area (Å²) >= 11 is 0. The minimum atomic E-state index is -0.346. The molecule has 0 aliphatic rings. The van der Waals surface area contributed by atoms with Gasteiger partial charge in [-0.2, -0.15) is 0 Å². The molecule has 1 aromatic heterocycles. The molecule has 0 aliphatic carbocycles. The van der Waals surface area contributed by atoms with Crippen molar-refractivity contribution in [2.75, 3.05) is 13.2 Å². The molecule has 2 aromatic carbocycles. The molecule has 0 bridgehead atoms. The minimum Gasteiger partial charge on any atom is -0.493 e. The fourth-order valence-corrected chi connectivity index (χ4v) is 2.91. The predicted molar refractivity (Wildman–Crippen MR) is 110 cm³/mol. The lowest BCUT2D eigenvalue weighted by atomic mass is 10.1. The lowest BCUT2D eigenvalue weighted by Crippen LogP contribution is -2.38. The number of benzene rings is 2. The van der Waals surface area contributed by atoms with Gasteiger partial charge in [0.1, 0.15) is 5.75 Å². The Morgan fingerprint density at radius 3 is 2.59 bits per heavy atom. The SMILES string of the molecule is CCOc1ccccc1C(=O)NCC(=O)N[C@@H](C)c1ccc(-n2ccnc2)cc1. The molecule has 1 heterocycles. The third-order valence-corrected chi connectivity index (χ3v) is 4.41. The van der Waals surface area contributed by atoms with Crippen LogP contribution >= 0.6 is 0 Å². The first-order valence-electron chi connectivity index (χ1n) is 9.46. The molecule has 1 atom stereocenters. The van der Waals surface area contributed by atoms with Crippen LogP contribution in [-0.4, -0.2) is 34.5 Å². The van der Waals surface area contributed by atoms with Gasteiger partial charge in [0.15, 0.2) is 0 Å². The average molecular weight is 392 g/mol. The third kappa shape index (κ3) is 5.22. The van der Waals surface area contributed by atoms with Gasteiger partial charge in [0.05, 0.1) is 31.1 Å². The highest BCUT2D eigenvalue weighted by Gasteiger charge is 2.14. The molecular weight excluding hydrogens is 368 g/mol. The van der Waals surface area contributed by atoms with Crippen LogP contribution in [0.2, 0.25) is 0 Å². The van der Waals surface area contributed by atoms with Gasteiger partial charge >= 0.3 is 0 Å². The van der Waals surface area contributed by atoms with E-state index in [1.165, 1.54) is 0 Å². The number of ether oxygens (including phenoxy) is 1. The monoisotopic (exact) mass is 392 g/mol. The van der Waals surface area contributed by atoms with Gasteiger partial charge in [-0.1, -0.05) is 24.3 Å². The number of hydrogen-bond acceptors (Lipinski definition) is 4. The highest BCUT2D eigenvalue weighted by molar-refractivity contribution is 5.98. The maximum atomic E-state index is 12.4. The molecule has 3 aromatic rings. The molecular formula is C22H24N4O3. The fourth-order valence-electron chi connectivity index (χ4n) is 2.91. The van der Waals surface area contributed by atoms with E-state index in [0.29, 0.717) is 17.9 Å². The van der Waals surface area contributed by atoms with Crippen LogP contribution < -0.4 is 15.4 Å². The quantitative estimate of drug-likeness (QED) is 0.617. The van der Waals surface area contributed by atoms with Crippen LogP contribution in [0.3, 0.4) is 0 Å². The van der Waals surface area contributed by atoms with Gasteiger partial charge in [0, 0.05) is 18.1 Å². The summed E-state index contributed by atoms with van der Waals surface area (Å²) in [4.78, 5) is 28.7. The summed E-state index contributed by atoms with van der Waals surface area (Å²) in [6.45, 7) is 4.10. The Morgan fingerprint density at radius 2 is 1.90 bits per heavy atom. The third-order valence-electron chi connectivity index (χ3n) is 4.41. The van der Waals surface area contributed by atoms with E-state index in [9.17, 15) is 9.59 Å². The summed E-state index contributed by atoms with van der Waals surface area (Å²) in [7, 11) is 0. The number of nitrogens with one attached hydrogen (secondary N) is 2. The van der Waals surface area contributed by atoms with Crippen molar-refractivity contribution >= 4 is 11.8 Å². The van der Waals surface area contributed by atoms with Gasteiger partial charge < -0.3 is 19.9 Å². The molecule has 29 heavy (non-hydrogen) atoms. The van der Waals surface area contributed by atoms with E-state index in [-0.39, 0.29) is 24.4 Å². The maximum absolute atomic E-state index is 12.4. The Bertz CT molecular complexity index is 952. The van der Waals surface area contributed by atoms with E-state index in [1.54, 1.807) is 36.8 Å². The second-order valence-electron chi connectivity index (χ2n) is 6.46. The van der Waals surface area contributed by atoms with Crippen LogP contribution in [0.1, 0.15) is 35.8 Å². The molecule has 3 rings (SSSR count). The van der Waals surface area contributed by atoms with E-state index < -0.39 is 0 Å². The number of imidazole rings is 1. The summed E-state index contributed by atoms with van der Waals surface area (Å²) in [6.07, 6.45) is 5.32. The van der Waals surface area contributed by atoms with E-state index in [4.69, 9.17) is 4.74 Å². The summed E-state index contributed by atoms with van der Waals surface area (Å²) in [5.74, 6) is -0.112. The zero-order valence-corrected chi connectivity index (χ0v) is 16.5. The van der Waals surface area contributed by atoms with Crippen LogP contribution in [0, 0.1) is 0 Å². The molecule has 0 saturated carbocycles. The highest BCUT2D eigenvalue weighted by atomic mass is 16.5. The summed E-state index contributed by atoms with van der Waals surface area (Å²) in [6, 6.07) is 14.6. The summed E-state index contributed by atoms with van der Waals surface area (Å²) in [5.41, 5.74) is 2.37. The van der Waals surface area contributed by atoms with Crippen molar-refractivity contribution in [3.8, 4) is 11.4 Å². The molecule has 150 valence electrons. The van der Waals surface area contributed by atoms with Crippen molar-refractivity contribution in [2.45, 2.75) is 19.9 Å². The molecule has 0 radical (unpaired) electrons. The second-order valence-corrected chi connectivity index (χ2v) is 6.46. The van der Waals surface area contributed by atoms with E-state index in [2.05, 4.69) is 15.6 Å². The number of amides is 2. The molecule has 2 amide bonds. The standard InChI is InChI=1S/C22H24N4O3/c1-3-29-20-7-5-4-6-19(20)22(28)24-14-21(27)25-16(2)17-8-10-18(11-9-17)26-13-12-23-15-26/h4-13,15-16H,3,14H2,1-2H3,(H,24,28)(H,25,27)/t16-/m0/s1. The van der Waals surface area contributed by atoms with Crippen molar-refractivity contribution in [1.29, 1.82) is 0 Å². The number of carbonyl (C=O) groups is 2. The molecule has 2 N–H and O–H groups in total. The Kier molecular flexibility index (Phi) is 6.63. The van der Waals surface area contributed by atoms with E-state index in [1.807, 2.05) is 48.9 Å². The van der Waals surface area contributed by atoms with Crippen LogP contribution in [0.15, 0.2) is 67.3 Å². The molecule has 0 unspecified atom stereocenters. The average Bonchev–Trinajstić information content (AvgIpc) is 3.28. The summed E-state index contributed by atoms with van der Waals surface area (Å²) < 4.78 is 7.36. The Morgan fingerprint density at radius 1 is 1.14 bits per heavy atom. The van der Waals surface area contributed by atoms with E-state index >= 15 is 0 Å². The molecule has 7 nitrogen and oxygen atoms in total. The van der Waals surface area contributed by atoms with Crippen molar-refractivity contribution in [3.63, 3.8) is 0 Å². The molecule has 0 fully saturated rings. The van der Waals surface area contributed by atoms with Crippen LogP contribution in [-0.2, 0) is 4.79 Å². The maximum Gasteiger partial charge on any atom is 0.255 e. The Labute approximate surface area is 169 Å². The smallest absolute Gasteiger partial charge is 0.255 e. The molecule has 0 aliphatic heterocycles. The largest absolute Gasteiger partial charge is 0.493 e. The highest BCUT2D eigenvalue weighted by Crippen LogP contribution is 2.18. The van der Waals surface area contributed by atoms with Crippen molar-refractivity contribution in [3.05, 3.63) is 78.4 Å². The topological polar surface area (TPSA) is 85.2 Å². The van der Waals surface area contributed by atoms with Crippen molar-refractivity contribution < 1.29 is 14.3 Å². The first-order valence-corrected chi connectivity index (χ1v) is 9.46. The lowest BCUT2D eigenvalue weighted by Gasteiger charge is -2.16. The Hall–Kier alpha value is -3.61. The second kappa shape index (κ2) is 9.54. The van der Waals surface area contributed by atoms with Crippen molar-refractivity contribution in [1.82, 2.24) is 20.2 Å². The predicted octanol–water partition coefficient (Wildman–Crippen LogP) is 2.88. The lowest BCUT2D eigenvalue weighted by molar-refractivity contribution is -0.120. The number of carbonyl (C=O) groups excluding carboxylic acids is 2. The number of nitrogens with zero attached hydrogens (tertiary/aromatic N) is 2. The first-order chi connectivity index (χ1) is 14.1. The fraction of sp³-hybridized carbons (Fsp3) is 0.227. The van der Waals surface area contributed by atoms with Crippen LogP contribution in [0.5, 0.6) is 5.75 Å². The normalized spacial score (nSPS) is 11.5. The molecule has 0 spiro atoms. The van der Waals surface area contributed by atoms with Gasteiger partial charge in [-0.3, -0.25) is 9.59 Å². The van der Waals surface area contributed by atoms with Crippen LogP contribution in [0.4, 0.5) is 0 Å². The van der Waals surface area contributed by atoms with Crippen molar-refractivity contribution in [2.24, 2.45) is 0 Å². The number of para-hydroxylation sites is 1. The zero-order valence-electron chi connectivity index (χ0n) is 16.5. The van der Waals surface area contributed by atoms with Crippen LogP contribution in [0.25, 0.3) is 5.69 Å². The molecule has 7 heteroatoms. The van der Waals surface area contributed by atoms with Gasteiger partial charge in [-0.25, -0.2) is 4.98 Å². The first kappa shape index (κ1) is 20.1. The number of hydrogen-bond donors (Lipinski definition) is 2. The summed E-state index contributed by atoms with van der Waals surface area (Å²) in [5, 5.41) is 5.53. The Balaban J connectivity index is 1.53. The zero-order chi connectivity index (χ0) is 20.6. The van der Waals surface area contributed by atoms with Gasteiger partial charge in [-0.15, -0.1) is 0 Å². The van der Waals surface area contributed by atoms with Gasteiger partial charge in [0.25, 0.3) is 5.91 Å². The van der Waals surface area contributed by atoms with Gasteiger partial charge in [-0.05, 0) is 43.7 Å². The van der Waals surface area contributed by atoms with Gasteiger partial charge in [0.2, 0.25) is 5.91 Å². The molecule has 0 saturated heterocycles. The number of rotatable bonds is 8. The number of aromatic nitrogens is 2. The minimum absolute atomic E-state index is 0.114. The van der Waals surface area contributed by atoms with E-state index in [0.717, 1.165) is 11.3 Å².